The Morgan fingerprint density at radius 2 is 2.09 bits per heavy atom. The van der Waals surface area contributed by atoms with Gasteiger partial charge in [-0.3, -0.25) is 0 Å². The lowest BCUT2D eigenvalue weighted by atomic mass is 10.0. The first-order chi connectivity index (χ1) is 10.3. The van der Waals surface area contributed by atoms with Gasteiger partial charge in [0.1, 0.15) is 17.1 Å². The molecule has 0 aliphatic heterocycles. The van der Waals surface area contributed by atoms with Crippen molar-refractivity contribution in [3.63, 3.8) is 0 Å². The van der Waals surface area contributed by atoms with Crippen molar-refractivity contribution in [2.45, 2.75) is 32.4 Å². The summed E-state index contributed by atoms with van der Waals surface area (Å²) in [6.07, 6.45) is 0. The molecule has 22 heavy (non-hydrogen) atoms. The van der Waals surface area contributed by atoms with Gasteiger partial charge in [-0.2, -0.15) is 0 Å². The fourth-order valence-electron chi connectivity index (χ4n) is 2.23. The lowest BCUT2D eigenvalue weighted by Gasteiger charge is -2.24. The van der Waals surface area contributed by atoms with Crippen LogP contribution in [0.3, 0.4) is 0 Å². The van der Waals surface area contributed by atoms with E-state index < -0.39 is 11.4 Å². The van der Waals surface area contributed by atoms with E-state index >= 15 is 0 Å². The van der Waals surface area contributed by atoms with Gasteiger partial charge in [0.15, 0.2) is 11.6 Å². The van der Waals surface area contributed by atoms with Crippen molar-refractivity contribution >= 4 is 0 Å². The summed E-state index contributed by atoms with van der Waals surface area (Å²) in [5, 5.41) is 13.7. The Kier molecular flexibility index (Phi) is 4.88. The number of rotatable bonds is 6. The van der Waals surface area contributed by atoms with Gasteiger partial charge in [-0.15, -0.1) is 0 Å². The zero-order valence-electron chi connectivity index (χ0n) is 13.3. The third-order valence-electron chi connectivity index (χ3n) is 3.70. The highest BCUT2D eigenvalue weighted by Crippen LogP contribution is 2.25. The maximum absolute atomic E-state index is 13.4. The molecule has 5 heteroatoms. The fourth-order valence-corrected chi connectivity index (χ4v) is 2.23. The van der Waals surface area contributed by atoms with Crippen LogP contribution in [0.5, 0.6) is 5.75 Å². The van der Waals surface area contributed by atoms with Crippen LogP contribution in [-0.4, -0.2) is 18.8 Å². The van der Waals surface area contributed by atoms with Gasteiger partial charge in [-0.25, -0.2) is 4.39 Å². The summed E-state index contributed by atoms with van der Waals surface area (Å²) in [5.41, 5.74) is -0.239. The smallest absolute Gasteiger partial charge is 0.165 e. The molecule has 0 bridgehead atoms. The second-order valence-corrected chi connectivity index (χ2v) is 5.68. The molecule has 2 atom stereocenters. The Morgan fingerprint density at radius 3 is 2.68 bits per heavy atom. The molecule has 1 aromatic carbocycles. The number of nitrogens with one attached hydrogen (secondary N) is 1. The van der Waals surface area contributed by atoms with Crippen LogP contribution in [0.1, 0.15) is 37.0 Å². The molecule has 2 rings (SSSR count). The number of methoxy groups -OCH3 is 1. The van der Waals surface area contributed by atoms with E-state index in [4.69, 9.17) is 9.15 Å². The van der Waals surface area contributed by atoms with Gasteiger partial charge in [0.05, 0.1) is 7.11 Å². The fraction of sp³-hybridized carbons (Fsp3) is 0.412. The Morgan fingerprint density at radius 1 is 1.36 bits per heavy atom. The van der Waals surface area contributed by atoms with Gasteiger partial charge >= 0.3 is 0 Å². The Labute approximate surface area is 129 Å². The van der Waals surface area contributed by atoms with E-state index in [1.165, 1.54) is 13.2 Å². The maximum atomic E-state index is 13.4. The molecule has 1 aromatic heterocycles. The quantitative estimate of drug-likeness (QED) is 0.860. The lowest BCUT2D eigenvalue weighted by molar-refractivity contribution is 0.0313. The van der Waals surface area contributed by atoms with E-state index in [-0.39, 0.29) is 11.8 Å². The van der Waals surface area contributed by atoms with Gasteiger partial charge < -0.3 is 19.6 Å². The Balaban J connectivity index is 2.04. The molecule has 0 fully saturated rings. The van der Waals surface area contributed by atoms with Crippen molar-refractivity contribution in [2.24, 2.45) is 0 Å². The topological polar surface area (TPSA) is 54.6 Å². The first kappa shape index (κ1) is 16.5. The summed E-state index contributed by atoms with van der Waals surface area (Å²) >= 11 is 0. The second kappa shape index (κ2) is 6.50. The van der Waals surface area contributed by atoms with Crippen molar-refractivity contribution in [3.05, 3.63) is 53.2 Å². The van der Waals surface area contributed by atoms with Crippen LogP contribution in [0, 0.1) is 12.7 Å². The van der Waals surface area contributed by atoms with Crippen molar-refractivity contribution in [1.29, 1.82) is 0 Å². The molecule has 0 aliphatic rings. The minimum absolute atomic E-state index is 0.0722. The number of benzene rings is 1. The molecular formula is C17H22FNO3. The van der Waals surface area contributed by atoms with Crippen molar-refractivity contribution in [1.82, 2.24) is 5.32 Å². The third-order valence-corrected chi connectivity index (χ3v) is 3.70. The van der Waals surface area contributed by atoms with E-state index in [2.05, 4.69) is 5.32 Å². The van der Waals surface area contributed by atoms with Crippen LogP contribution >= 0.6 is 0 Å². The summed E-state index contributed by atoms with van der Waals surface area (Å²) < 4.78 is 23.9. The summed E-state index contributed by atoms with van der Waals surface area (Å²) in [5.74, 6) is 1.09. The van der Waals surface area contributed by atoms with E-state index in [0.717, 1.165) is 11.3 Å². The summed E-state index contributed by atoms with van der Waals surface area (Å²) in [4.78, 5) is 0. The van der Waals surface area contributed by atoms with Crippen LogP contribution in [0.15, 0.2) is 34.7 Å². The zero-order valence-corrected chi connectivity index (χ0v) is 13.3. The minimum atomic E-state index is -1.12. The van der Waals surface area contributed by atoms with E-state index in [0.29, 0.717) is 12.3 Å². The standard InChI is InChI=1S/C17H22FNO3/c1-11-5-8-16(22-11)17(3,20)10-19-12(2)13-6-7-14(18)15(9-13)21-4/h5-9,12,19-20H,10H2,1-4H3/t12-,17+/m1/s1. The predicted octanol–water partition coefficient (Wildman–Crippen LogP) is 3.29. The van der Waals surface area contributed by atoms with Gasteiger partial charge in [0, 0.05) is 12.6 Å². The van der Waals surface area contributed by atoms with Gasteiger partial charge in [-0.1, -0.05) is 6.07 Å². The first-order valence-corrected chi connectivity index (χ1v) is 7.19. The van der Waals surface area contributed by atoms with Gasteiger partial charge in [-0.05, 0) is 50.6 Å². The minimum Gasteiger partial charge on any atom is -0.494 e. The Hall–Kier alpha value is -1.85. The highest BCUT2D eigenvalue weighted by Gasteiger charge is 2.27. The zero-order chi connectivity index (χ0) is 16.3. The molecular weight excluding hydrogens is 285 g/mol. The first-order valence-electron chi connectivity index (χ1n) is 7.19. The lowest BCUT2D eigenvalue weighted by Crippen LogP contribution is -2.36. The summed E-state index contributed by atoms with van der Waals surface area (Å²) in [6, 6.07) is 8.23. The molecule has 0 aliphatic carbocycles. The molecule has 0 spiro atoms. The summed E-state index contributed by atoms with van der Waals surface area (Å²) in [6.45, 7) is 5.77. The Bertz CT molecular complexity index is 637. The second-order valence-electron chi connectivity index (χ2n) is 5.68. The molecule has 120 valence electrons. The van der Waals surface area contributed by atoms with E-state index in [1.54, 1.807) is 25.1 Å². The SMILES string of the molecule is COc1cc([C@@H](C)NC[C@](C)(O)c2ccc(C)o2)ccc1F. The van der Waals surface area contributed by atoms with Crippen LogP contribution in [0.2, 0.25) is 0 Å². The van der Waals surface area contributed by atoms with E-state index in [9.17, 15) is 9.50 Å². The average molecular weight is 307 g/mol. The third kappa shape index (κ3) is 3.67. The maximum Gasteiger partial charge on any atom is 0.165 e. The highest BCUT2D eigenvalue weighted by molar-refractivity contribution is 5.32. The molecule has 0 amide bonds. The molecule has 2 aromatic rings. The molecule has 2 N–H and O–H groups in total. The highest BCUT2D eigenvalue weighted by atomic mass is 19.1. The largest absolute Gasteiger partial charge is 0.494 e. The van der Waals surface area contributed by atoms with Crippen molar-refractivity contribution in [2.75, 3.05) is 13.7 Å². The number of halogens is 1. The molecule has 0 radical (unpaired) electrons. The van der Waals surface area contributed by atoms with Crippen LogP contribution in [-0.2, 0) is 5.60 Å². The molecule has 0 saturated carbocycles. The average Bonchev–Trinajstić information content (AvgIpc) is 2.93. The van der Waals surface area contributed by atoms with Crippen molar-refractivity contribution in [3.8, 4) is 5.75 Å². The van der Waals surface area contributed by atoms with E-state index in [1.807, 2.05) is 19.9 Å². The number of ether oxygens (including phenoxy) is 1. The number of hydrogen-bond acceptors (Lipinski definition) is 4. The van der Waals surface area contributed by atoms with Gasteiger partial charge in [0.25, 0.3) is 0 Å². The summed E-state index contributed by atoms with van der Waals surface area (Å²) in [7, 11) is 1.43. The monoisotopic (exact) mass is 307 g/mol. The molecule has 0 saturated heterocycles. The number of aryl methyl sites for hydroxylation is 1. The number of furan rings is 1. The number of hydrogen-bond donors (Lipinski definition) is 2. The number of aliphatic hydroxyl groups is 1. The van der Waals surface area contributed by atoms with Crippen LogP contribution in [0.25, 0.3) is 0 Å². The van der Waals surface area contributed by atoms with Crippen molar-refractivity contribution < 1.29 is 18.7 Å². The van der Waals surface area contributed by atoms with Crippen LogP contribution in [0.4, 0.5) is 4.39 Å². The molecule has 0 unspecified atom stereocenters. The predicted molar refractivity (Wildman–Crippen MR) is 82.4 cm³/mol. The van der Waals surface area contributed by atoms with Gasteiger partial charge in [0.2, 0.25) is 0 Å². The molecule has 4 nitrogen and oxygen atoms in total. The normalized spacial score (nSPS) is 15.4. The van der Waals surface area contributed by atoms with Crippen LogP contribution < -0.4 is 10.1 Å². The molecule has 1 heterocycles.